The Morgan fingerprint density at radius 2 is 1.93 bits per heavy atom. The van der Waals surface area contributed by atoms with Crippen molar-refractivity contribution in [2.75, 3.05) is 5.75 Å². The molecule has 0 aliphatic carbocycles. The lowest BCUT2D eigenvalue weighted by atomic mass is 10.3. The molecule has 0 bridgehead atoms. The molecule has 1 heterocycles. The number of imide groups is 1. The van der Waals surface area contributed by atoms with Gasteiger partial charge in [0.2, 0.25) is 11.3 Å². The van der Waals surface area contributed by atoms with Crippen LogP contribution in [0.4, 0.5) is 4.79 Å². The second kappa shape index (κ2) is 4.05. The first-order valence-electron chi connectivity index (χ1n) is 3.46. The fourth-order valence-corrected chi connectivity index (χ4v) is 1.14. The predicted molar refractivity (Wildman–Crippen MR) is 49.0 cm³/mol. The van der Waals surface area contributed by atoms with Gasteiger partial charge in [0.05, 0.1) is 5.75 Å². The van der Waals surface area contributed by atoms with E-state index >= 15 is 0 Å². The van der Waals surface area contributed by atoms with Crippen molar-refractivity contribution in [1.82, 2.24) is 5.32 Å². The Hall–Kier alpha value is -1.63. The Morgan fingerprint density at radius 3 is 2.00 bits per heavy atom. The highest BCUT2D eigenvalue weighted by Gasteiger charge is 2.16. The topological polar surface area (TPSA) is 101 Å². The molecular formula is C7H5NO5S. The van der Waals surface area contributed by atoms with Gasteiger partial charge in [-0.1, -0.05) is 11.8 Å². The third-order valence-electron chi connectivity index (χ3n) is 1.30. The zero-order valence-electron chi connectivity index (χ0n) is 6.77. The molecule has 1 fully saturated rings. The van der Waals surface area contributed by atoms with Gasteiger partial charge in [-0.3, -0.25) is 24.5 Å². The van der Waals surface area contributed by atoms with Crippen LogP contribution >= 0.6 is 11.8 Å². The van der Waals surface area contributed by atoms with Crippen LogP contribution in [0, 0.1) is 0 Å². The number of nitrogens with one attached hydrogen (secondary N) is 1. The molecule has 1 aromatic rings. The van der Waals surface area contributed by atoms with Crippen molar-refractivity contribution in [1.29, 1.82) is 0 Å². The van der Waals surface area contributed by atoms with Crippen LogP contribution in [0.1, 0.15) is 0 Å². The van der Waals surface area contributed by atoms with Crippen molar-refractivity contribution in [3.8, 4) is 5.75 Å². The highest BCUT2D eigenvalue weighted by atomic mass is 32.2. The summed E-state index contributed by atoms with van der Waals surface area (Å²) >= 11 is 1.01. The largest absolute Gasteiger partial charge is 0.504 e. The molecule has 0 saturated carbocycles. The molecular weight excluding hydrogens is 210 g/mol. The van der Waals surface area contributed by atoms with Crippen molar-refractivity contribution >= 4 is 22.9 Å². The number of hydrogen-bond acceptors (Lipinski definition) is 6. The van der Waals surface area contributed by atoms with Gasteiger partial charge >= 0.3 is 0 Å². The SMILES string of the molecule is O=C1CSC(=O)N1.O=c1cc(O)c1=O. The molecule has 6 nitrogen and oxygen atoms in total. The van der Waals surface area contributed by atoms with Gasteiger partial charge < -0.3 is 5.11 Å². The van der Waals surface area contributed by atoms with E-state index in [2.05, 4.69) is 5.32 Å². The molecule has 7 heteroatoms. The maximum Gasteiger partial charge on any atom is 0.286 e. The third-order valence-corrected chi connectivity index (χ3v) is 2.07. The number of thioether (sulfide) groups is 1. The smallest absolute Gasteiger partial charge is 0.286 e. The fourth-order valence-electron chi connectivity index (χ4n) is 0.621. The van der Waals surface area contributed by atoms with E-state index in [9.17, 15) is 19.2 Å². The van der Waals surface area contributed by atoms with Crippen LogP contribution in [0.2, 0.25) is 0 Å². The summed E-state index contributed by atoms with van der Waals surface area (Å²) in [6, 6.07) is 0.891. The minimum absolute atomic E-state index is 0.185. The first-order valence-corrected chi connectivity index (χ1v) is 4.45. The van der Waals surface area contributed by atoms with Crippen molar-refractivity contribution in [3.05, 3.63) is 26.5 Å². The van der Waals surface area contributed by atoms with Crippen molar-refractivity contribution in [3.63, 3.8) is 0 Å². The van der Waals surface area contributed by atoms with E-state index in [1.165, 1.54) is 0 Å². The lowest BCUT2D eigenvalue weighted by molar-refractivity contribution is -0.117. The van der Waals surface area contributed by atoms with Gasteiger partial charge in [-0.15, -0.1) is 0 Å². The molecule has 1 aliphatic rings. The minimum Gasteiger partial charge on any atom is -0.504 e. The van der Waals surface area contributed by atoms with E-state index < -0.39 is 16.6 Å². The van der Waals surface area contributed by atoms with Crippen LogP contribution in [0.25, 0.3) is 0 Å². The number of carbonyl (C=O) groups is 2. The summed E-state index contributed by atoms with van der Waals surface area (Å²) in [5.41, 5.74) is -1.39. The molecule has 0 aromatic heterocycles. The summed E-state index contributed by atoms with van der Waals surface area (Å²) in [7, 11) is 0. The molecule has 0 atom stereocenters. The summed E-state index contributed by atoms with van der Waals surface area (Å²) < 4.78 is 0. The van der Waals surface area contributed by atoms with E-state index in [0.29, 0.717) is 5.75 Å². The van der Waals surface area contributed by atoms with E-state index in [1.54, 1.807) is 0 Å². The van der Waals surface area contributed by atoms with Crippen LogP contribution in [0.3, 0.4) is 0 Å². The molecule has 2 N–H and O–H groups in total. The van der Waals surface area contributed by atoms with Gasteiger partial charge in [0.1, 0.15) is 0 Å². The standard InChI is InChI=1S/C4H2O3.C3H3NO2S/c5-2-1-3(6)4(2)7;5-2-1-7-3(6)4-2/h1,5H;1H2,(H,4,5,6). The molecule has 74 valence electrons. The van der Waals surface area contributed by atoms with Gasteiger partial charge in [0.15, 0.2) is 5.75 Å². The quantitative estimate of drug-likeness (QED) is 0.536. The molecule has 2 amide bonds. The van der Waals surface area contributed by atoms with Crippen molar-refractivity contribution < 1.29 is 14.7 Å². The molecule has 0 unspecified atom stereocenters. The normalized spacial score (nSPS) is 14.9. The summed E-state index contributed by atoms with van der Waals surface area (Å²) in [5.74, 6) is -0.321. The fraction of sp³-hybridized carbons (Fsp3) is 0.143. The van der Waals surface area contributed by atoms with E-state index in [4.69, 9.17) is 5.11 Å². The Kier molecular flexibility index (Phi) is 3.03. The monoisotopic (exact) mass is 215 g/mol. The van der Waals surface area contributed by atoms with Crippen LogP contribution in [-0.2, 0) is 4.79 Å². The average Bonchev–Trinajstić information content (AvgIpc) is 2.51. The predicted octanol–water partition coefficient (Wildman–Crippen LogP) is -1.04. The Balaban J connectivity index is 0.000000140. The highest BCUT2D eigenvalue weighted by molar-refractivity contribution is 8.14. The zero-order valence-corrected chi connectivity index (χ0v) is 7.59. The number of amides is 2. The van der Waals surface area contributed by atoms with E-state index in [-0.39, 0.29) is 11.1 Å². The summed E-state index contributed by atoms with van der Waals surface area (Å²) in [6.07, 6.45) is 0. The van der Waals surface area contributed by atoms with E-state index in [0.717, 1.165) is 17.8 Å². The second-order valence-electron chi connectivity index (χ2n) is 2.35. The second-order valence-corrected chi connectivity index (χ2v) is 3.30. The van der Waals surface area contributed by atoms with Gasteiger partial charge in [-0.05, 0) is 0 Å². The Bertz CT molecular complexity index is 431. The first kappa shape index (κ1) is 10.5. The average molecular weight is 215 g/mol. The van der Waals surface area contributed by atoms with Crippen molar-refractivity contribution in [2.24, 2.45) is 0 Å². The maximum absolute atomic E-state index is 10.1. The molecule has 0 radical (unpaired) electrons. The van der Waals surface area contributed by atoms with Gasteiger partial charge in [0.25, 0.3) is 10.7 Å². The van der Waals surface area contributed by atoms with Crippen LogP contribution in [0.15, 0.2) is 15.7 Å². The maximum atomic E-state index is 10.1. The van der Waals surface area contributed by atoms with Crippen LogP contribution < -0.4 is 16.2 Å². The van der Waals surface area contributed by atoms with Crippen molar-refractivity contribution in [2.45, 2.75) is 0 Å². The number of rotatable bonds is 0. The van der Waals surface area contributed by atoms with Crippen LogP contribution in [-0.4, -0.2) is 22.0 Å². The zero-order chi connectivity index (χ0) is 10.7. The van der Waals surface area contributed by atoms with Gasteiger partial charge in [-0.2, -0.15) is 0 Å². The molecule has 1 saturated heterocycles. The molecule has 14 heavy (non-hydrogen) atoms. The van der Waals surface area contributed by atoms with Gasteiger partial charge in [-0.25, -0.2) is 0 Å². The first-order chi connectivity index (χ1) is 6.50. The van der Waals surface area contributed by atoms with E-state index in [1.807, 2.05) is 0 Å². The molecule has 1 aliphatic heterocycles. The number of carbonyl (C=O) groups excluding carboxylic acids is 2. The Labute approximate surface area is 81.6 Å². The molecule has 1 aromatic carbocycles. The summed E-state index contributed by atoms with van der Waals surface area (Å²) in [6.45, 7) is 0. The van der Waals surface area contributed by atoms with Gasteiger partial charge in [0, 0.05) is 6.07 Å². The summed E-state index contributed by atoms with van der Waals surface area (Å²) in [4.78, 5) is 39.9. The molecule has 0 spiro atoms. The lowest BCUT2D eigenvalue weighted by Gasteiger charge is -1.83. The number of aromatic hydroxyl groups is 1. The Morgan fingerprint density at radius 1 is 1.29 bits per heavy atom. The highest BCUT2D eigenvalue weighted by Crippen LogP contribution is 2.06. The third kappa shape index (κ3) is 2.43. The minimum atomic E-state index is -0.778. The lowest BCUT2D eigenvalue weighted by Crippen LogP contribution is -2.27. The molecule has 2 rings (SSSR count). The van der Waals surface area contributed by atoms with Crippen LogP contribution in [0.5, 0.6) is 5.75 Å². The number of hydrogen-bond donors (Lipinski definition) is 2. The summed E-state index contributed by atoms with van der Waals surface area (Å²) in [5, 5.41) is 10.0.